The van der Waals surface area contributed by atoms with Gasteiger partial charge in [0.2, 0.25) is 0 Å². The third-order valence-electron chi connectivity index (χ3n) is 4.59. The summed E-state index contributed by atoms with van der Waals surface area (Å²) in [6, 6.07) is 1.16. The minimum Gasteiger partial charge on any atom is -0.465 e. The second-order valence-electron chi connectivity index (χ2n) is 7.08. The molecule has 1 aliphatic heterocycles. The maximum atomic E-state index is 13.1. The van der Waals surface area contributed by atoms with E-state index in [1.165, 1.54) is 19.3 Å². The maximum Gasteiger partial charge on any atom is 0.416 e. The van der Waals surface area contributed by atoms with E-state index in [9.17, 15) is 35.9 Å². The Morgan fingerprint density at radius 1 is 1.14 bits per heavy atom. The minimum absolute atomic E-state index is 0.00567. The number of nitriles is 1. The van der Waals surface area contributed by atoms with Gasteiger partial charge in [0.25, 0.3) is 17.7 Å². The molecule has 0 saturated heterocycles. The second-order valence-corrected chi connectivity index (χ2v) is 7.08. The molecule has 1 aliphatic rings. The van der Waals surface area contributed by atoms with E-state index in [1.54, 1.807) is 6.07 Å². The Kier molecular flexibility index (Phi) is 6.94. The van der Waals surface area contributed by atoms with Crippen LogP contribution in [0.2, 0.25) is 0 Å². The third-order valence-corrected chi connectivity index (χ3v) is 4.59. The number of hydrogen-bond acceptors (Lipinski definition) is 7. The average Bonchev–Trinajstić information content (AvgIpc) is 2.79. The molecule has 35 heavy (non-hydrogen) atoms. The highest BCUT2D eigenvalue weighted by atomic mass is 19.4. The summed E-state index contributed by atoms with van der Waals surface area (Å²) in [7, 11) is 0. The topological polar surface area (TPSA) is 121 Å². The molecule has 0 saturated carbocycles. The van der Waals surface area contributed by atoms with Crippen molar-refractivity contribution in [3.8, 4) is 6.07 Å². The van der Waals surface area contributed by atoms with Crippen LogP contribution in [-0.4, -0.2) is 45.8 Å². The van der Waals surface area contributed by atoms with Crippen LogP contribution in [0.5, 0.6) is 0 Å². The molecular formula is C20H14F6N6O3. The highest BCUT2D eigenvalue weighted by Gasteiger charge is 2.37. The summed E-state index contributed by atoms with van der Waals surface area (Å²) in [5.74, 6) is -2.06. The Labute approximate surface area is 193 Å². The van der Waals surface area contributed by atoms with Gasteiger partial charge >= 0.3 is 12.4 Å². The molecule has 0 bridgehead atoms. The molecule has 1 aromatic carbocycles. The molecule has 0 aliphatic carbocycles. The Bertz CT molecular complexity index is 1190. The zero-order valence-electron chi connectivity index (χ0n) is 17.6. The normalized spacial score (nSPS) is 15.1. The smallest absolute Gasteiger partial charge is 0.416 e. The summed E-state index contributed by atoms with van der Waals surface area (Å²) in [5, 5.41) is 15.8. The molecular weight excluding hydrogens is 486 g/mol. The van der Waals surface area contributed by atoms with Gasteiger partial charge in [-0.3, -0.25) is 14.6 Å². The van der Waals surface area contributed by atoms with Crippen molar-refractivity contribution in [3.63, 3.8) is 0 Å². The van der Waals surface area contributed by atoms with Crippen LogP contribution >= 0.6 is 0 Å². The first-order chi connectivity index (χ1) is 16.3. The fourth-order valence-electron chi connectivity index (χ4n) is 2.97. The number of ether oxygens (including phenoxy) is 1. The predicted molar refractivity (Wildman–Crippen MR) is 104 cm³/mol. The molecule has 1 N–H and O–H groups in total. The summed E-state index contributed by atoms with van der Waals surface area (Å²) in [6.45, 7) is 0.498. The van der Waals surface area contributed by atoms with Gasteiger partial charge in [0.05, 0.1) is 28.9 Å². The lowest BCUT2D eigenvalue weighted by Gasteiger charge is -2.23. The van der Waals surface area contributed by atoms with Gasteiger partial charge in [-0.15, -0.1) is 5.10 Å². The number of rotatable bonds is 5. The Morgan fingerprint density at radius 2 is 1.74 bits per heavy atom. The number of nitrogens with one attached hydrogen (secondary N) is 1. The van der Waals surface area contributed by atoms with Crippen molar-refractivity contribution in [3.05, 3.63) is 58.7 Å². The molecule has 1 atom stereocenters. The summed E-state index contributed by atoms with van der Waals surface area (Å²) in [6.07, 6.45) is -7.80. The first-order valence-corrected chi connectivity index (χ1v) is 9.61. The summed E-state index contributed by atoms with van der Waals surface area (Å²) < 4.78 is 83.9. The van der Waals surface area contributed by atoms with Gasteiger partial charge in [-0.2, -0.15) is 31.6 Å². The molecule has 0 spiro atoms. The van der Waals surface area contributed by atoms with Crippen LogP contribution in [0.15, 0.2) is 35.7 Å². The van der Waals surface area contributed by atoms with E-state index in [0.717, 1.165) is 5.01 Å². The average molecular weight is 500 g/mol. The molecule has 2 heterocycles. The lowest BCUT2D eigenvalue weighted by molar-refractivity contribution is -0.143. The van der Waals surface area contributed by atoms with Crippen LogP contribution < -0.4 is 5.32 Å². The van der Waals surface area contributed by atoms with Gasteiger partial charge in [-0.25, -0.2) is 9.99 Å². The Hall–Kier alpha value is -4.22. The van der Waals surface area contributed by atoms with Crippen molar-refractivity contribution in [1.29, 1.82) is 5.26 Å². The molecule has 9 nitrogen and oxygen atoms in total. The van der Waals surface area contributed by atoms with Crippen LogP contribution in [-0.2, 0) is 21.9 Å². The monoisotopic (exact) mass is 500 g/mol. The molecule has 1 unspecified atom stereocenters. The summed E-state index contributed by atoms with van der Waals surface area (Å²) in [4.78, 5) is 32.4. The largest absolute Gasteiger partial charge is 0.465 e. The lowest BCUT2D eigenvalue weighted by atomic mass is 10.0. The number of halogens is 6. The molecule has 0 radical (unpaired) electrons. The van der Waals surface area contributed by atoms with Gasteiger partial charge < -0.3 is 10.1 Å². The third kappa shape index (κ3) is 5.83. The number of carbonyl (C=O) groups is 2. The highest BCUT2D eigenvalue weighted by molar-refractivity contribution is 5.98. The van der Waals surface area contributed by atoms with Crippen molar-refractivity contribution < 1.29 is 40.7 Å². The van der Waals surface area contributed by atoms with Gasteiger partial charge in [0, 0.05) is 18.0 Å². The molecule has 15 heteroatoms. The van der Waals surface area contributed by atoms with Crippen LogP contribution in [0, 0.1) is 11.3 Å². The van der Waals surface area contributed by atoms with Gasteiger partial charge in [-0.1, -0.05) is 0 Å². The number of hydrogen-bond donors (Lipinski definition) is 1. The van der Waals surface area contributed by atoms with Crippen LogP contribution in [0.1, 0.15) is 45.8 Å². The molecule has 0 fully saturated rings. The van der Waals surface area contributed by atoms with Gasteiger partial charge in [0.1, 0.15) is 6.54 Å². The van der Waals surface area contributed by atoms with E-state index in [1.807, 2.05) is 0 Å². The number of nitrogens with zero attached hydrogens (tertiary/aromatic N) is 5. The van der Waals surface area contributed by atoms with Crippen LogP contribution in [0.3, 0.4) is 0 Å². The van der Waals surface area contributed by atoms with Gasteiger partial charge in [0.15, 0.2) is 12.3 Å². The molecule has 3 rings (SSSR count). The van der Waals surface area contributed by atoms with Crippen molar-refractivity contribution in [2.75, 3.05) is 13.2 Å². The van der Waals surface area contributed by atoms with Gasteiger partial charge in [-0.05, 0) is 25.1 Å². The Morgan fingerprint density at radius 3 is 2.31 bits per heavy atom. The minimum atomic E-state index is -5.12. The van der Waals surface area contributed by atoms with Crippen molar-refractivity contribution in [2.24, 2.45) is 5.10 Å². The number of hydrazone groups is 1. The van der Waals surface area contributed by atoms with E-state index in [-0.39, 0.29) is 29.9 Å². The molecule has 1 aromatic heterocycles. The quantitative estimate of drug-likeness (QED) is 0.498. The summed E-state index contributed by atoms with van der Waals surface area (Å²) in [5.41, 5.74) is -4.22. The van der Waals surface area contributed by atoms with E-state index in [2.05, 4.69) is 20.4 Å². The number of amides is 2. The summed E-state index contributed by atoms with van der Waals surface area (Å²) >= 11 is 0. The first-order valence-electron chi connectivity index (χ1n) is 9.61. The zero-order chi connectivity index (χ0) is 26.0. The van der Waals surface area contributed by atoms with E-state index < -0.39 is 53.5 Å². The molecule has 2 aromatic rings. The molecule has 184 valence electrons. The van der Waals surface area contributed by atoms with Crippen molar-refractivity contribution >= 4 is 17.7 Å². The first kappa shape index (κ1) is 25.4. The fourth-order valence-corrected chi connectivity index (χ4v) is 2.97. The number of aromatic nitrogens is 2. The lowest BCUT2D eigenvalue weighted by Crippen LogP contribution is -2.38. The maximum absolute atomic E-state index is 13.1. The fraction of sp³-hybridized carbons (Fsp3) is 0.300. The standard InChI is InChI=1S/C20H14F6N6O3/c1-10(15-16(29-4-3-28-15)18-31-32(5-2-27)14(33)9-35-18)30-17(34)11-6-12(19(21,22)23)8-13(7-11)20(24,25)26/h3-4,6-8,10H,5,9H2,1H3,(H,30,34). The van der Waals surface area contributed by atoms with Crippen LogP contribution in [0.25, 0.3) is 0 Å². The predicted octanol–water partition coefficient (Wildman–Crippen LogP) is 3.05. The molecule has 2 amide bonds. The number of alkyl halides is 6. The van der Waals surface area contributed by atoms with Crippen molar-refractivity contribution in [1.82, 2.24) is 20.3 Å². The highest BCUT2D eigenvalue weighted by Crippen LogP contribution is 2.36. The Balaban J connectivity index is 1.93. The zero-order valence-corrected chi connectivity index (χ0v) is 17.6. The van der Waals surface area contributed by atoms with Crippen molar-refractivity contribution in [2.45, 2.75) is 25.3 Å². The number of benzene rings is 1. The second kappa shape index (κ2) is 9.57. The van der Waals surface area contributed by atoms with E-state index >= 15 is 0 Å². The van der Waals surface area contributed by atoms with Crippen LogP contribution in [0.4, 0.5) is 26.3 Å². The SMILES string of the molecule is CC(NC(=O)c1cc(C(F)(F)F)cc(C(F)(F)F)c1)c1nccnc1C1=NN(CC#N)C(=O)CO1. The van der Waals surface area contributed by atoms with E-state index in [0.29, 0.717) is 12.1 Å². The number of carbonyl (C=O) groups excluding carboxylic acids is 2. The van der Waals surface area contributed by atoms with E-state index in [4.69, 9.17) is 10.00 Å².